The maximum Gasteiger partial charge on any atom is 0.241 e. The van der Waals surface area contributed by atoms with Crippen LogP contribution in [0.25, 0.3) is 0 Å². The topological polar surface area (TPSA) is 32.3 Å². The Balaban J connectivity index is 2.04. The van der Waals surface area contributed by atoms with E-state index in [1.54, 1.807) is 49.2 Å². The van der Waals surface area contributed by atoms with Crippen LogP contribution in [0.1, 0.15) is 18.1 Å². The van der Waals surface area contributed by atoms with Gasteiger partial charge in [-0.25, -0.2) is 4.39 Å². The highest BCUT2D eigenvalue weighted by Crippen LogP contribution is 2.21. The summed E-state index contributed by atoms with van der Waals surface area (Å²) in [5.74, 6) is -0.424. The van der Waals surface area contributed by atoms with E-state index in [4.69, 9.17) is 11.6 Å². The summed E-state index contributed by atoms with van der Waals surface area (Å²) in [5.41, 5.74) is 2.19. The second-order valence-electron chi connectivity index (χ2n) is 5.63. The highest BCUT2D eigenvalue weighted by Gasteiger charge is 2.19. The molecule has 3 nitrogen and oxygen atoms in total. The lowest BCUT2D eigenvalue weighted by Gasteiger charge is -2.24. The third-order valence-electron chi connectivity index (χ3n) is 3.88. The SMILES string of the molecule is Cc1ccc(Cl)cc1NC(=O)C(C)N(C)Cc1ccccc1F. The monoisotopic (exact) mass is 334 g/mol. The number of carbonyl (C=O) groups is 1. The van der Waals surface area contributed by atoms with E-state index in [2.05, 4.69) is 5.32 Å². The van der Waals surface area contributed by atoms with Crippen LogP contribution in [0.3, 0.4) is 0 Å². The standard InChI is InChI=1S/C18H20ClFN2O/c1-12-8-9-15(19)10-17(12)21-18(23)13(2)22(3)11-14-6-4-5-7-16(14)20/h4-10,13H,11H2,1-3H3,(H,21,23). The van der Waals surface area contributed by atoms with E-state index in [1.807, 2.05) is 13.0 Å². The van der Waals surface area contributed by atoms with Crippen LogP contribution in [0.5, 0.6) is 0 Å². The predicted octanol–water partition coefficient (Wildman–Crippen LogP) is 4.25. The average molecular weight is 335 g/mol. The molecule has 0 saturated heterocycles. The number of anilines is 1. The van der Waals surface area contributed by atoms with Gasteiger partial charge in [0.2, 0.25) is 5.91 Å². The lowest BCUT2D eigenvalue weighted by atomic mass is 10.1. The van der Waals surface area contributed by atoms with Gasteiger partial charge in [0, 0.05) is 22.8 Å². The fraction of sp³-hybridized carbons (Fsp3) is 0.278. The molecule has 2 rings (SSSR count). The van der Waals surface area contributed by atoms with E-state index >= 15 is 0 Å². The number of rotatable bonds is 5. The van der Waals surface area contributed by atoms with Crippen LogP contribution in [0.15, 0.2) is 42.5 Å². The Kier molecular flexibility index (Phi) is 5.74. The number of amides is 1. The van der Waals surface area contributed by atoms with Gasteiger partial charge in [-0.15, -0.1) is 0 Å². The first-order valence-electron chi connectivity index (χ1n) is 7.39. The maximum atomic E-state index is 13.7. The molecule has 0 aromatic heterocycles. The molecule has 0 aliphatic carbocycles. The fourth-order valence-corrected chi connectivity index (χ4v) is 2.37. The van der Waals surface area contributed by atoms with Crippen LogP contribution >= 0.6 is 11.6 Å². The summed E-state index contributed by atoms with van der Waals surface area (Å²) in [4.78, 5) is 14.2. The highest BCUT2D eigenvalue weighted by molar-refractivity contribution is 6.31. The van der Waals surface area contributed by atoms with Crippen molar-refractivity contribution in [2.45, 2.75) is 26.4 Å². The van der Waals surface area contributed by atoms with Gasteiger partial charge in [-0.05, 0) is 44.7 Å². The molecule has 1 atom stereocenters. The van der Waals surface area contributed by atoms with Crippen molar-refractivity contribution in [2.75, 3.05) is 12.4 Å². The zero-order chi connectivity index (χ0) is 17.0. The Morgan fingerprint density at radius 3 is 2.70 bits per heavy atom. The van der Waals surface area contributed by atoms with E-state index < -0.39 is 6.04 Å². The Bertz CT molecular complexity index is 705. The minimum Gasteiger partial charge on any atom is -0.324 e. The maximum absolute atomic E-state index is 13.7. The lowest BCUT2D eigenvalue weighted by molar-refractivity contribution is -0.120. The van der Waals surface area contributed by atoms with Gasteiger partial charge in [0.1, 0.15) is 5.82 Å². The number of hydrogen-bond donors (Lipinski definition) is 1. The number of likely N-dealkylation sites (N-methyl/N-ethyl adjacent to an activating group) is 1. The summed E-state index contributed by atoms with van der Waals surface area (Å²) in [7, 11) is 1.79. The minimum atomic E-state index is -0.409. The Labute approximate surface area is 141 Å². The van der Waals surface area contributed by atoms with Crippen molar-refractivity contribution in [3.8, 4) is 0 Å². The van der Waals surface area contributed by atoms with Gasteiger partial charge in [0.05, 0.1) is 6.04 Å². The van der Waals surface area contributed by atoms with Gasteiger partial charge in [0.15, 0.2) is 0 Å². The minimum absolute atomic E-state index is 0.158. The number of carbonyl (C=O) groups excluding carboxylic acids is 1. The summed E-state index contributed by atoms with van der Waals surface area (Å²) >= 11 is 5.96. The molecule has 23 heavy (non-hydrogen) atoms. The number of aryl methyl sites for hydroxylation is 1. The molecule has 0 saturated carbocycles. The third kappa shape index (κ3) is 4.53. The summed E-state index contributed by atoms with van der Waals surface area (Å²) in [5, 5.41) is 3.44. The molecule has 0 spiro atoms. The molecule has 1 unspecified atom stereocenters. The van der Waals surface area contributed by atoms with Crippen LogP contribution in [0, 0.1) is 12.7 Å². The zero-order valence-corrected chi connectivity index (χ0v) is 14.2. The van der Waals surface area contributed by atoms with E-state index in [0.717, 1.165) is 5.56 Å². The average Bonchev–Trinajstić information content (AvgIpc) is 2.52. The van der Waals surface area contributed by atoms with Gasteiger partial charge in [-0.3, -0.25) is 9.69 Å². The molecule has 0 bridgehead atoms. The van der Waals surface area contributed by atoms with Gasteiger partial charge in [0.25, 0.3) is 0 Å². The molecule has 122 valence electrons. The summed E-state index contributed by atoms with van der Waals surface area (Å²) in [6, 6.07) is 11.5. The molecule has 0 fully saturated rings. The molecule has 0 heterocycles. The smallest absolute Gasteiger partial charge is 0.241 e. The van der Waals surface area contributed by atoms with Crippen LogP contribution < -0.4 is 5.32 Å². The summed E-state index contributed by atoms with van der Waals surface area (Å²) < 4.78 is 13.7. The summed E-state index contributed by atoms with van der Waals surface area (Å²) in [6.45, 7) is 4.05. The molecule has 1 N–H and O–H groups in total. The normalized spacial score (nSPS) is 12.3. The molecular formula is C18H20ClFN2O. The molecule has 2 aromatic carbocycles. The fourth-order valence-electron chi connectivity index (χ4n) is 2.20. The van der Waals surface area contributed by atoms with Crippen LogP contribution in [-0.4, -0.2) is 23.9 Å². The van der Waals surface area contributed by atoms with E-state index in [9.17, 15) is 9.18 Å². The number of nitrogens with zero attached hydrogens (tertiary/aromatic N) is 1. The predicted molar refractivity (Wildman–Crippen MR) is 92.1 cm³/mol. The summed E-state index contributed by atoms with van der Waals surface area (Å²) in [6.07, 6.45) is 0. The van der Waals surface area contributed by atoms with Crippen molar-refractivity contribution < 1.29 is 9.18 Å². The van der Waals surface area contributed by atoms with Gasteiger partial charge < -0.3 is 5.32 Å². The number of hydrogen-bond acceptors (Lipinski definition) is 2. The highest BCUT2D eigenvalue weighted by atomic mass is 35.5. The lowest BCUT2D eigenvalue weighted by Crippen LogP contribution is -2.39. The quantitative estimate of drug-likeness (QED) is 0.886. The Morgan fingerprint density at radius 1 is 1.30 bits per heavy atom. The largest absolute Gasteiger partial charge is 0.324 e. The first-order chi connectivity index (χ1) is 10.9. The van der Waals surface area contributed by atoms with Crippen molar-refractivity contribution in [2.24, 2.45) is 0 Å². The molecule has 5 heteroatoms. The van der Waals surface area contributed by atoms with Crippen LogP contribution in [0.4, 0.5) is 10.1 Å². The van der Waals surface area contributed by atoms with Crippen molar-refractivity contribution in [3.05, 3.63) is 64.4 Å². The van der Waals surface area contributed by atoms with Gasteiger partial charge >= 0.3 is 0 Å². The van der Waals surface area contributed by atoms with E-state index in [1.165, 1.54) is 6.07 Å². The second kappa shape index (κ2) is 7.57. The molecular weight excluding hydrogens is 315 g/mol. The number of benzene rings is 2. The Morgan fingerprint density at radius 2 is 2.00 bits per heavy atom. The van der Waals surface area contributed by atoms with Gasteiger partial charge in [-0.1, -0.05) is 35.9 Å². The van der Waals surface area contributed by atoms with Crippen molar-refractivity contribution >= 4 is 23.2 Å². The van der Waals surface area contributed by atoms with E-state index in [-0.39, 0.29) is 11.7 Å². The first kappa shape index (κ1) is 17.4. The molecule has 2 aromatic rings. The van der Waals surface area contributed by atoms with Gasteiger partial charge in [-0.2, -0.15) is 0 Å². The van der Waals surface area contributed by atoms with Crippen molar-refractivity contribution in [1.82, 2.24) is 4.90 Å². The molecule has 0 aliphatic heterocycles. The Hall–Kier alpha value is -1.91. The van der Waals surface area contributed by atoms with Crippen LogP contribution in [0.2, 0.25) is 5.02 Å². The first-order valence-corrected chi connectivity index (χ1v) is 7.77. The zero-order valence-electron chi connectivity index (χ0n) is 13.4. The van der Waals surface area contributed by atoms with Crippen molar-refractivity contribution in [1.29, 1.82) is 0 Å². The number of halogens is 2. The van der Waals surface area contributed by atoms with Crippen LogP contribution in [-0.2, 0) is 11.3 Å². The number of nitrogens with one attached hydrogen (secondary N) is 1. The third-order valence-corrected chi connectivity index (χ3v) is 4.11. The van der Waals surface area contributed by atoms with Crippen molar-refractivity contribution in [3.63, 3.8) is 0 Å². The molecule has 1 amide bonds. The van der Waals surface area contributed by atoms with E-state index in [0.29, 0.717) is 22.8 Å². The molecule has 0 aliphatic rings. The second-order valence-corrected chi connectivity index (χ2v) is 6.07. The molecule has 0 radical (unpaired) electrons.